The van der Waals surface area contributed by atoms with E-state index in [2.05, 4.69) is 0 Å². The zero-order valence-corrected chi connectivity index (χ0v) is 19.3. The van der Waals surface area contributed by atoms with Crippen LogP contribution in [0.4, 0.5) is 5.69 Å². The highest BCUT2D eigenvalue weighted by Crippen LogP contribution is 2.37. The lowest BCUT2D eigenvalue weighted by Crippen LogP contribution is -2.44. The lowest BCUT2D eigenvalue weighted by Gasteiger charge is -2.30. The van der Waals surface area contributed by atoms with Gasteiger partial charge in [0.15, 0.2) is 6.61 Å². The molecule has 0 unspecified atom stereocenters. The lowest BCUT2D eigenvalue weighted by molar-refractivity contribution is -0.121. The van der Waals surface area contributed by atoms with Crippen LogP contribution in [-0.4, -0.2) is 47.3 Å². The SMILES string of the molecule is O=C1c2ccccc2C(=O)N1CCN1C(=O)COc2ccc(-c3csc(-c4ccccc4)n3)cc21. The summed E-state index contributed by atoms with van der Waals surface area (Å²) in [5.41, 5.74) is 4.09. The molecule has 7 nitrogen and oxygen atoms in total. The number of amides is 3. The molecule has 8 heteroatoms. The van der Waals surface area contributed by atoms with Crippen molar-refractivity contribution >= 4 is 34.7 Å². The Morgan fingerprint density at radius 1 is 0.800 bits per heavy atom. The van der Waals surface area contributed by atoms with Crippen molar-refractivity contribution in [1.82, 2.24) is 9.88 Å². The van der Waals surface area contributed by atoms with Crippen molar-refractivity contribution in [1.29, 1.82) is 0 Å². The van der Waals surface area contributed by atoms with Crippen LogP contribution in [-0.2, 0) is 4.79 Å². The smallest absolute Gasteiger partial charge is 0.265 e. The molecule has 0 aliphatic carbocycles. The van der Waals surface area contributed by atoms with E-state index < -0.39 is 0 Å². The van der Waals surface area contributed by atoms with E-state index in [-0.39, 0.29) is 37.4 Å². The highest BCUT2D eigenvalue weighted by Gasteiger charge is 2.36. The van der Waals surface area contributed by atoms with Gasteiger partial charge in [-0.2, -0.15) is 0 Å². The number of aromatic nitrogens is 1. The van der Waals surface area contributed by atoms with Crippen LogP contribution in [0.2, 0.25) is 0 Å². The Kier molecular flexibility index (Phi) is 5.15. The first-order valence-corrected chi connectivity index (χ1v) is 12.0. The van der Waals surface area contributed by atoms with E-state index in [1.54, 1.807) is 40.5 Å². The summed E-state index contributed by atoms with van der Waals surface area (Å²) in [5.74, 6) is -0.323. The second kappa shape index (κ2) is 8.48. The monoisotopic (exact) mass is 481 g/mol. The number of thiazole rings is 1. The third kappa shape index (κ3) is 3.68. The molecule has 172 valence electrons. The predicted molar refractivity (Wildman–Crippen MR) is 133 cm³/mol. The van der Waals surface area contributed by atoms with E-state index in [4.69, 9.17) is 9.72 Å². The topological polar surface area (TPSA) is 79.8 Å². The number of carbonyl (C=O) groups is 3. The third-order valence-electron chi connectivity index (χ3n) is 6.15. The van der Waals surface area contributed by atoms with Crippen molar-refractivity contribution in [3.63, 3.8) is 0 Å². The maximum Gasteiger partial charge on any atom is 0.265 e. The van der Waals surface area contributed by atoms with Crippen LogP contribution < -0.4 is 9.64 Å². The fourth-order valence-corrected chi connectivity index (χ4v) is 5.20. The first-order chi connectivity index (χ1) is 17.1. The average molecular weight is 482 g/mol. The number of nitrogens with zero attached hydrogens (tertiary/aromatic N) is 3. The second-order valence-electron chi connectivity index (χ2n) is 8.23. The maximum absolute atomic E-state index is 12.8. The third-order valence-corrected chi connectivity index (χ3v) is 7.04. The first-order valence-electron chi connectivity index (χ1n) is 11.1. The minimum Gasteiger partial charge on any atom is -0.482 e. The van der Waals surface area contributed by atoms with Gasteiger partial charge in [-0.3, -0.25) is 19.3 Å². The normalized spacial score (nSPS) is 14.7. The van der Waals surface area contributed by atoms with Crippen LogP contribution in [0, 0.1) is 0 Å². The van der Waals surface area contributed by atoms with Crippen LogP contribution in [0.5, 0.6) is 5.75 Å². The van der Waals surface area contributed by atoms with Gasteiger partial charge in [0.2, 0.25) is 0 Å². The van der Waals surface area contributed by atoms with Crippen molar-refractivity contribution in [3.05, 3.63) is 89.3 Å². The molecule has 0 radical (unpaired) electrons. The van der Waals surface area contributed by atoms with E-state index >= 15 is 0 Å². The molecular formula is C27H19N3O4S. The van der Waals surface area contributed by atoms with Gasteiger partial charge in [0, 0.05) is 29.6 Å². The fourth-order valence-electron chi connectivity index (χ4n) is 4.37. The van der Waals surface area contributed by atoms with Gasteiger partial charge in [0.1, 0.15) is 10.8 Å². The van der Waals surface area contributed by atoms with E-state index in [0.717, 1.165) is 21.8 Å². The van der Waals surface area contributed by atoms with E-state index in [1.165, 1.54) is 4.90 Å². The van der Waals surface area contributed by atoms with Gasteiger partial charge in [0.25, 0.3) is 17.7 Å². The molecule has 0 bridgehead atoms. The van der Waals surface area contributed by atoms with Gasteiger partial charge in [-0.15, -0.1) is 11.3 Å². The van der Waals surface area contributed by atoms with Crippen LogP contribution >= 0.6 is 11.3 Å². The van der Waals surface area contributed by atoms with Crippen LogP contribution in [0.3, 0.4) is 0 Å². The summed E-state index contributed by atoms with van der Waals surface area (Å²) < 4.78 is 5.64. The van der Waals surface area contributed by atoms with Crippen LogP contribution in [0.25, 0.3) is 21.8 Å². The number of ether oxygens (including phenoxy) is 1. The molecular weight excluding hydrogens is 462 g/mol. The van der Waals surface area contributed by atoms with E-state index in [0.29, 0.717) is 22.6 Å². The summed E-state index contributed by atoms with van der Waals surface area (Å²) in [4.78, 5) is 45.8. The van der Waals surface area contributed by atoms with Gasteiger partial charge in [-0.1, -0.05) is 42.5 Å². The Morgan fingerprint density at radius 3 is 2.23 bits per heavy atom. The number of imide groups is 1. The minimum absolute atomic E-state index is 0.0939. The Labute approximate surface area is 205 Å². The number of rotatable bonds is 5. The molecule has 4 aromatic rings. The molecule has 0 N–H and O–H groups in total. The Bertz CT molecular complexity index is 1450. The summed E-state index contributed by atoms with van der Waals surface area (Å²) in [6.45, 7) is 0.177. The van der Waals surface area contributed by atoms with Gasteiger partial charge >= 0.3 is 0 Å². The molecule has 2 aliphatic heterocycles. The molecule has 0 atom stereocenters. The van der Waals surface area contributed by atoms with Crippen molar-refractivity contribution < 1.29 is 19.1 Å². The molecule has 0 spiro atoms. The molecule has 35 heavy (non-hydrogen) atoms. The molecule has 3 heterocycles. The van der Waals surface area contributed by atoms with Crippen molar-refractivity contribution in [2.24, 2.45) is 0 Å². The number of hydrogen-bond acceptors (Lipinski definition) is 6. The summed E-state index contributed by atoms with van der Waals surface area (Å²) >= 11 is 1.55. The number of benzene rings is 3. The molecule has 2 aliphatic rings. The Hall–Kier alpha value is -4.30. The van der Waals surface area contributed by atoms with Gasteiger partial charge in [-0.25, -0.2) is 4.98 Å². The number of carbonyl (C=O) groups excluding carboxylic acids is 3. The summed E-state index contributed by atoms with van der Waals surface area (Å²) in [6, 6.07) is 22.3. The van der Waals surface area contributed by atoms with E-state index in [9.17, 15) is 14.4 Å². The zero-order chi connectivity index (χ0) is 23.9. The highest BCUT2D eigenvalue weighted by atomic mass is 32.1. The first kappa shape index (κ1) is 21.2. The largest absolute Gasteiger partial charge is 0.482 e. The van der Waals surface area contributed by atoms with E-state index in [1.807, 2.05) is 53.9 Å². The zero-order valence-electron chi connectivity index (χ0n) is 18.5. The van der Waals surface area contributed by atoms with Crippen molar-refractivity contribution in [2.75, 3.05) is 24.6 Å². The van der Waals surface area contributed by atoms with Crippen LogP contribution in [0.15, 0.2) is 78.2 Å². The maximum atomic E-state index is 12.8. The molecule has 1 aromatic heterocycles. The molecule has 0 saturated heterocycles. The Morgan fingerprint density at radius 2 is 1.49 bits per heavy atom. The number of hydrogen-bond donors (Lipinski definition) is 0. The second-order valence-corrected chi connectivity index (χ2v) is 9.09. The number of anilines is 1. The summed E-state index contributed by atoms with van der Waals surface area (Å²) in [6.07, 6.45) is 0. The average Bonchev–Trinajstić information content (AvgIpc) is 3.48. The fraction of sp³-hybridized carbons (Fsp3) is 0.111. The Balaban J connectivity index is 1.26. The predicted octanol–water partition coefficient (Wildman–Crippen LogP) is 4.50. The van der Waals surface area contributed by atoms with Crippen LogP contribution in [0.1, 0.15) is 20.7 Å². The number of fused-ring (bicyclic) bond motifs is 2. The summed E-state index contributed by atoms with van der Waals surface area (Å²) in [5, 5.41) is 2.90. The molecule has 3 amide bonds. The molecule has 0 fully saturated rings. The van der Waals surface area contributed by atoms with Crippen molar-refractivity contribution in [3.8, 4) is 27.6 Å². The molecule has 0 saturated carbocycles. The standard InChI is InChI=1S/C27H19N3O4S/c31-24-15-34-23-11-10-18(21-16-35-25(28-21)17-6-2-1-3-7-17)14-22(23)29(24)12-13-30-26(32)19-8-4-5-9-20(19)27(30)33/h1-11,14,16H,12-13,15H2. The quantitative estimate of drug-likeness (QED) is 0.392. The molecule has 6 rings (SSSR count). The van der Waals surface area contributed by atoms with Gasteiger partial charge in [-0.05, 0) is 30.3 Å². The van der Waals surface area contributed by atoms with Gasteiger partial charge < -0.3 is 9.64 Å². The summed E-state index contributed by atoms with van der Waals surface area (Å²) in [7, 11) is 0. The highest BCUT2D eigenvalue weighted by molar-refractivity contribution is 7.13. The van der Waals surface area contributed by atoms with Crippen molar-refractivity contribution in [2.45, 2.75) is 0 Å². The minimum atomic E-state index is -0.337. The molecule has 3 aromatic carbocycles. The van der Waals surface area contributed by atoms with Gasteiger partial charge in [0.05, 0.1) is 22.5 Å². The lowest BCUT2D eigenvalue weighted by atomic mass is 10.1.